The number of Topliss-reactive ketones (excluding diaryl/α,β-unsaturated/α-hetero) is 4. The van der Waals surface area contributed by atoms with Crippen molar-refractivity contribution in [3.8, 4) is 5.75 Å². The average molecular weight is 560 g/mol. The molecule has 12 heteroatoms. The molecule has 0 radical (unpaired) electrons. The summed E-state index contributed by atoms with van der Waals surface area (Å²) in [5, 5.41) is 31.8. The third-order valence-corrected chi connectivity index (χ3v) is 9.40. The SMILES string of the molecule is CN(C)[C@@H]1C(=O)C(C(N)=O)C(=O)[C@@]2(O)C(=O)C3C(=O)c4c(O)cc(CN5CCC[C@H]5CCO)c(F)c4C[C@H]3C[C@@H]12. The lowest BCUT2D eigenvalue weighted by Crippen LogP contribution is -2.74. The molecule has 1 saturated heterocycles. The Labute approximate surface area is 230 Å². The van der Waals surface area contributed by atoms with Gasteiger partial charge >= 0.3 is 0 Å². The van der Waals surface area contributed by atoms with Crippen molar-refractivity contribution < 1.29 is 43.7 Å². The lowest BCUT2D eigenvalue weighted by molar-refractivity contribution is -0.181. The number of likely N-dealkylation sites (tertiary alicyclic amines) is 1. The van der Waals surface area contributed by atoms with Crippen LogP contribution in [0.1, 0.15) is 47.2 Å². The standard InChI is InChI=1S/C28H34FN3O8/c1-31(2)22-16-9-12-8-15-19(17(34)10-13(21(15)29)11-32-6-3-4-14(32)5-7-33)23(35)18(12)25(37)28(16,40)26(38)20(24(22)36)27(30)39/h10,12,14,16,18,20,22,33-34,40H,3-9,11H2,1-2H3,(H2,30,39)/t12-,14-,16-,18?,20?,22-,28-/m0/s1. The number of hydrogen-bond acceptors (Lipinski definition) is 10. The Morgan fingerprint density at radius 2 is 1.93 bits per heavy atom. The molecular formula is C28H34FN3O8. The van der Waals surface area contributed by atoms with E-state index in [0.29, 0.717) is 13.0 Å². The van der Waals surface area contributed by atoms with E-state index in [1.807, 2.05) is 4.90 Å². The van der Waals surface area contributed by atoms with Gasteiger partial charge in [-0.3, -0.25) is 33.8 Å². The van der Waals surface area contributed by atoms with Crippen LogP contribution in [-0.4, -0.2) is 99.1 Å². The van der Waals surface area contributed by atoms with Crippen LogP contribution in [0, 0.1) is 29.5 Å². The molecule has 0 spiro atoms. The minimum atomic E-state index is -2.82. The number of primary amides is 1. The van der Waals surface area contributed by atoms with Gasteiger partial charge in [0.1, 0.15) is 11.6 Å². The molecule has 216 valence electrons. The predicted molar refractivity (Wildman–Crippen MR) is 136 cm³/mol. The number of carbonyl (C=O) groups is 5. The third kappa shape index (κ3) is 4.03. The van der Waals surface area contributed by atoms with E-state index in [9.17, 15) is 39.3 Å². The number of aromatic hydroxyl groups is 1. The zero-order chi connectivity index (χ0) is 29.3. The summed E-state index contributed by atoms with van der Waals surface area (Å²) in [6.45, 7) is 0.860. The van der Waals surface area contributed by atoms with Crippen LogP contribution >= 0.6 is 0 Å². The number of ketones is 4. The van der Waals surface area contributed by atoms with Crippen LogP contribution in [-0.2, 0) is 32.1 Å². The molecule has 1 heterocycles. The van der Waals surface area contributed by atoms with Gasteiger partial charge in [-0.25, -0.2) is 4.39 Å². The molecule has 5 rings (SSSR count). The van der Waals surface area contributed by atoms with E-state index >= 15 is 4.39 Å². The number of benzene rings is 1. The number of aliphatic hydroxyl groups excluding tert-OH is 1. The molecule has 11 nitrogen and oxygen atoms in total. The first-order valence-corrected chi connectivity index (χ1v) is 13.6. The molecule has 3 fully saturated rings. The highest BCUT2D eigenvalue weighted by Crippen LogP contribution is 2.51. The topological polar surface area (TPSA) is 179 Å². The predicted octanol–water partition coefficient (Wildman–Crippen LogP) is -0.647. The fraction of sp³-hybridized carbons (Fsp3) is 0.607. The Morgan fingerprint density at radius 1 is 1.23 bits per heavy atom. The van der Waals surface area contributed by atoms with Gasteiger partial charge in [0, 0.05) is 36.2 Å². The van der Waals surface area contributed by atoms with Gasteiger partial charge < -0.3 is 21.1 Å². The number of amides is 1. The van der Waals surface area contributed by atoms with E-state index in [4.69, 9.17) is 5.73 Å². The van der Waals surface area contributed by atoms with E-state index in [-0.39, 0.29) is 48.7 Å². The quantitative estimate of drug-likeness (QED) is 0.328. The van der Waals surface area contributed by atoms with Crippen molar-refractivity contribution in [3.63, 3.8) is 0 Å². The van der Waals surface area contributed by atoms with Gasteiger partial charge in [0.05, 0.1) is 17.5 Å². The first-order chi connectivity index (χ1) is 18.8. The molecular weight excluding hydrogens is 525 g/mol. The molecule has 1 amide bonds. The fourth-order valence-electron chi connectivity index (χ4n) is 7.62. The maximum Gasteiger partial charge on any atom is 0.235 e. The number of nitrogens with zero attached hydrogens (tertiary/aromatic N) is 2. The molecule has 40 heavy (non-hydrogen) atoms. The Hall–Kier alpha value is -3.06. The van der Waals surface area contributed by atoms with Gasteiger partial charge in [0.25, 0.3) is 0 Å². The summed E-state index contributed by atoms with van der Waals surface area (Å²) in [7, 11) is 3.00. The Balaban J connectivity index is 1.55. The minimum Gasteiger partial charge on any atom is -0.507 e. The van der Waals surface area contributed by atoms with Gasteiger partial charge in [-0.2, -0.15) is 0 Å². The van der Waals surface area contributed by atoms with E-state index in [1.165, 1.54) is 25.1 Å². The number of phenolic OH excluding ortho intramolecular Hbond substituents is 1. The van der Waals surface area contributed by atoms with Crippen molar-refractivity contribution in [2.75, 3.05) is 27.2 Å². The number of rotatable bonds is 6. The highest BCUT2D eigenvalue weighted by Gasteiger charge is 2.69. The Kier molecular flexibility index (Phi) is 7.18. The van der Waals surface area contributed by atoms with Crippen LogP contribution in [0.5, 0.6) is 5.75 Å². The van der Waals surface area contributed by atoms with Crippen molar-refractivity contribution >= 4 is 29.0 Å². The Morgan fingerprint density at radius 3 is 2.55 bits per heavy atom. The maximum atomic E-state index is 16.0. The highest BCUT2D eigenvalue weighted by molar-refractivity contribution is 6.32. The maximum absolute atomic E-state index is 16.0. The summed E-state index contributed by atoms with van der Waals surface area (Å²) in [5.41, 5.74) is 2.28. The van der Waals surface area contributed by atoms with Crippen LogP contribution < -0.4 is 5.73 Å². The first-order valence-electron chi connectivity index (χ1n) is 13.6. The van der Waals surface area contributed by atoms with E-state index < -0.39 is 75.9 Å². The van der Waals surface area contributed by atoms with Crippen molar-refractivity contribution in [2.45, 2.75) is 56.3 Å². The third-order valence-electron chi connectivity index (χ3n) is 9.40. The molecule has 2 saturated carbocycles. The van der Waals surface area contributed by atoms with E-state index in [1.54, 1.807) is 0 Å². The lowest BCUT2D eigenvalue weighted by Gasteiger charge is -2.52. The first kappa shape index (κ1) is 28.5. The number of hydrogen-bond donors (Lipinski definition) is 4. The number of phenols is 1. The second-order valence-electron chi connectivity index (χ2n) is 11.8. The van der Waals surface area contributed by atoms with E-state index in [0.717, 1.165) is 12.8 Å². The molecule has 4 aliphatic rings. The van der Waals surface area contributed by atoms with Crippen LogP contribution in [0.15, 0.2) is 6.07 Å². The summed E-state index contributed by atoms with van der Waals surface area (Å²) in [6, 6.07) is 0.0156. The van der Waals surface area contributed by atoms with Crippen molar-refractivity contribution in [1.82, 2.24) is 9.80 Å². The molecule has 2 unspecified atom stereocenters. The van der Waals surface area contributed by atoms with Crippen LogP contribution in [0.25, 0.3) is 0 Å². The van der Waals surface area contributed by atoms with Gasteiger partial charge in [-0.1, -0.05) is 0 Å². The summed E-state index contributed by atoms with van der Waals surface area (Å²) in [4.78, 5) is 69.4. The average Bonchev–Trinajstić information content (AvgIpc) is 3.30. The normalized spacial score (nSPS) is 34.1. The summed E-state index contributed by atoms with van der Waals surface area (Å²) in [6.07, 6.45) is 2.01. The highest BCUT2D eigenvalue weighted by atomic mass is 19.1. The fourth-order valence-corrected chi connectivity index (χ4v) is 7.62. The molecule has 5 N–H and O–H groups in total. The zero-order valence-corrected chi connectivity index (χ0v) is 22.4. The van der Waals surface area contributed by atoms with Crippen molar-refractivity contribution in [1.29, 1.82) is 0 Å². The molecule has 7 atom stereocenters. The van der Waals surface area contributed by atoms with Crippen molar-refractivity contribution in [2.24, 2.45) is 29.4 Å². The van der Waals surface area contributed by atoms with Crippen LogP contribution in [0.4, 0.5) is 4.39 Å². The summed E-state index contributed by atoms with van der Waals surface area (Å²) < 4.78 is 16.0. The second-order valence-corrected chi connectivity index (χ2v) is 11.8. The number of nitrogens with two attached hydrogens (primary N) is 1. The van der Waals surface area contributed by atoms with Gasteiger partial charge in [-0.05, 0) is 64.7 Å². The van der Waals surface area contributed by atoms with Gasteiger partial charge in [0.15, 0.2) is 34.7 Å². The molecule has 0 aromatic heterocycles. The monoisotopic (exact) mass is 559 g/mol. The Bertz CT molecular complexity index is 1310. The number of halogens is 1. The summed E-state index contributed by atoms with van der Waals surface area (Å²) >= 11 is 0. The lowest BCUT2D eigenvalue weighted by atomic mass is 9.52. The smallest absolute Gasteiger partial charge is 0.235 e. The molecule has 3 aliphatic carbocycles. The largest absolute Gasteiger partial charge is 0.507 e. The molecule has 1 aromatic carbocycles. The van der Waals surface area contributed by atoms with Crippen LogP contribution in [0.2, 0.25) is 0 Å². The van der Waals surface area contributed by atoms with E-state index in [2.05, 4.69) is 0 Å². The van der Waals surface area contributed by atoms with Gasteiger partial charge in [0.2, 0.25) is 5.91 Å². The second kappa shape index (κ2) is 10.1. The van der Waals surface area contributed by atoms with Crippen molar-refractivity contribution in [3.05, 3.63) is 28.6 Å². The molecule has 0 bridgehead atoms. The number of fused-ring (bicyclic) bond motifs is 3. The minimum absolute atomic E-state index is 0.00264. The number of likely N-dealkylation sites (N-methyl/N-ethyl adjacent to an activating group) is 1. The zero-order valence-electron chi connectivity index (χ0n) is 22.4. The molecule has 1 aliphatic heterocycles. The van der Waals surface area contributed by atoms with Gasteiger partial charge in [-0.15, -0.1) is 0 Å². The van der Waals surface area contributed by atoms with Crippen LogP contribution in [0.3, 0.4) is 0 Å². The number of carbonyl (C=O) groups excluding carboxylic acids is 5. The molecule has 1 aromatic rings. The number of aliphatic hydroxyl groups is 2. The summed E-state index contributed by atoms with van der Waals surface area (Å²) in [5.74, 6) is -12.4.